The second kappa shape index (κ2) is 9.14. The van der Waals surface area contributed by atoms with E-state index in [2.05, 4.69) is 11.9 Å². The highest BCUT2D eigenvalue weighted by molar-refractivity contribution is 5.90. The van der Waals surface area contributed by atoms with Crippen molar-refractivity contribution in [2.75, 3.05) is 19.8 Å². The van der Waals surface area contributed by atoms with Crippen molar-refractivity contribution in [1.29, 1.82) is 0 Å². The fourth-order valence-corrected chi connectivity index (χ4v) is 1.32. The van der Waals surface area contributed by atoms with Gasteiger partial charge in [-0.2, -0.15) is 0 Å². The highest BCUT2D eigenvalue weighted by Crippen LogP contribution is 2.11. The molecular weight excluding hydrogens is 262 g/mol. The molecule has 0 aliphatic heterocycles. The van der Waals surface area contributed by atoms with Crippen LogP contribution in [0.3, 0.4) is 0 Å². The van der Waals surface area contributed by atoms with E-state index in [0.29, 0.717) is 13.0 Å². The number of nitrogens with one attached hydrogen (secondary N) is 1. The summed E-state index contributed by atoms with van der Waals surface area (Å²) in [7, 11) is 0. The number of esters is 2. The molecule has 0 fully saturated rings. The predicted molar refractivity (Wildman–Crippen MR) is 74.8 cm³/mol. The number of aliphatic hydroxyl groups is 1. The number of carbonyl (C=O) groups excluding carboxylic acids is 2. The third-order valence-electron chi connectivity index (χ3n) is 2.27. The molecule has 114 valence electrons. The normalized spacial score (nSPS) is 14.1. The first kappa shape index (κ1) is 18.2. The van der Waals surface area contributed by atoms with Crippen molar-refractivity contribution in [3.05, 3.63) is 24.4 Å². The lowest BCUT2D eigenvalue weighted by atomic mass is 10.1. The van der Waals surface area contributed by atoms with Crippen LogP contribution in [-0.2, 0) is 19.1 Å². The molecular formula is C14H23NO5. The summed E-state index contributed by atoms with van der Waals surface area (Å²) < 4.78 is 9.60. The summed E-state index contributed by atoms with van der Waals surface area (Å²) in [6.07, 6.45) is 3.41. The van der Waals surface area contributed by atoms with Crippen molar-refractivity contribution < 1.29 is 24.2 Å². The van der Waals surface area contributed by atoms with Gasteiger partial charge in [-0.15, -0.1) is 6.58 Å². The minimum atomic E-state index is -1.90. The van der Waals surface area contributed by atoms with Crippen LogP contribution in [0.2, 0.25) is 0 Å². The maximum Gasteiger partial charge on any atom is 0.354 e. The monoisotopic (exact) mass is 285 g/mol. The van der Waals surface area contributed by atoms with E-state index in [9.17, 15) is 14.7 Å². The fraction of sp³-hybridized carbons (Fsp3) is 0.571. The highest BCUT2D eigenvalue weighted by atomic mass is 16.5. The van der Waals surface area contributed by atoms with E-state index in [1.54, 1.807) is 19.9 Å². The van der Waals surface area contributed by atoms with Gasteiger partial charge < -0.3 is 19.9 Å². The minimum Gasteiger partial charge on any atom is -0.464 e. The zero-order valence-electron chi connectivity index (χ0n) is 12.3. The van der Waals surface area contributed by atoms with Crippen LogP contribution in [0.4, 0.5) is 0 Å². The zero-order valence-corrected chi connectivity index (χ0v) is 12.3. The van der Waals surface area contributed by atoms with Gasteiger partial charge in [0.1, 0.15) is 5.70 Å². The van der Waals surface area contributed by atoms with Crippen LogP contribution in [-0.4, -0.2) is 42.4 Å². The molecule has 6 heteroatoms. The van der Waals surface area contributed by atoms with E-state index in [1.165, 1.54) is 6.92 Å². The summed E-state index contributed by atoms with van der Waals surface area (Å²) >= 11 is 0. The standard InChI is InChI=1S/C14H23NO5/c1-5-8-9-15-11(12(16)19-6-2)10-14(4,18)13(17)20-7-3/h5,10,15,18H,1,6-9H2,2-4H3/b11-10+. The van der Waals surface area contributed by atoms with E-state index in [1.807, 2.05) is 0 Å². The van der Waals surface area contributed by atoms with E-state index in [0.717, 1.165) is 6.08 Å². The molecule has 0 rings (SSSR count). The van der Waals surface area contributed by atoms with Gasteiger partial charge in [0.05, 0.1) is 13.2 Å². The topological polar surface area (TPSA) is 84.9 Å². The molecule has 0 aliphatic carbocycles. The Hall–Kier alpha value is -1.82. The van der Waals surface area contributed by atoms with Gasteiger partial charge in [-0.05, 0) is 33.3 Å². The minimum absolute atomic E-state index is 0.0201. The van der Waals surface area contributed by atoms with E-state index < -0.39 is 17.5 Å². The molecule has 2 N–H and O–H groups in total. The molecule has 20 heavy (non-hydrogen) atoms. The summed E-state index contributed by atoms with van der Waals surface area (Å²) in [6.45, 7) is 8.89. The van der Waals surface area contributed by atoms with Gasteiger partial charge in [-0.1, -0.05) is 6.08 Å². The lowest BCUT2D eigenvalue weighted by Gasteiger charge is -2.19. The van der Waals surface area contributed by atoms with Crippen LogP contribution >= 0.6 is 0 Å². The van der Waals surface area contributed by atoms with E-state index in [-0.39, 0.29) is 18.9 Å². The van der Waals surface area contributed by atoms with Crippen molar-refractivity contribution in [1.82, 2.24) is 5.32 Å². The molecule has 0 aromatic carbocycles. The first-order valence-corrected chi connectivity index (χ1v) is 6.53. The lowest BCUT2D eigenvalue weighted by Crippen LogP contribution is -2.37. The van der Waals surface area contributed by atoms with Crippen LogP contribution < -0.4 is 5.32 Å². The SMILES string of the molecule is C=CCCN/C(=C/C(C)(O)C(=O)OCC)C(=O)OCC. The highest BCUT2D eigenvalue weighted by Gasteiger charge is 2.31. The van der Waals surface area contributed by atoms with Crippen molar-refractivity contribution in [2.24, 2.45) is 0 Å². The summed E-state index contributed by atoms with van der Waals surface area (Å²) in [5.41, 5.74) is -1.88. The van der Waals surface area contributed by atoms with Crippen molar-refractivity contribution >= 4 is 11.9 Å². The molecule has 6 nitrogen and oxygen atoms in total. The smallest absolute Gasteiger partial charge is 0.354 e. The molecule has 1 unspecified atom stereocenters. The average molecular weight is 285 g/mol. The Balaban J connectivity index is 5.05. The zero-order chi connectivity index (χ0) is 15.6. The summed E-state index contributed by atoms with van der Waals surface area (Å²) in [5.74, 6) is -1.46. The van der Waals surface area contributed by atoms with Gasteiger partial charge in [0, 0.05) is 6.54 Å². The second-order valence-electron chi connectivity index (χ2n) is 4.15. The largest absolute Gasteiger partial charge is 0.464 e. The molecule has 0 aliphatic rings. The predicted octanol–water partition coefficient (Wildman–Crippen LogP) is 0.913. The molecule has 0 spiro atoms. The Morgan fingerprint density at radius 1 is 1.30 bits per heavy atom. The molecule has 0 saturated carbocycles. The number of carbonyl (C=O) groups is 2. The van der Waals surface area contributed by atoms with Crippen LogP contribution in [0.25, 0.3) is 0 Å². The first-order chi connectivity index (χ1) is 9.38. The Morgan fingerprint density at radius 2 is 1.90 bits per heavy atom. The van der Waals surface area contributed by atoms with Gasteiger partial charge in [-0.3, -0.25) is 0 Å². The van der Waals surface area contributed by atoms with Crippen molar-refractivity contribution in [3.63, 3.8) is 0 Å². The molecule has 0 aromatic rings. The molecule has 0 radical (unpaired) electrons. The van der Waals surface area contributed by atoms with Gasteiger partial charge in [-0.25, -0.2) is 9.59 Å². The Kier molecular flexibility index (Phi) is 8.31. The van der Waals surface area contributed by atoms with Gasteiger partial charge in [0.2, 0.25) is 0 Å². The van der Waals surface area contributed by atoms with Gasteiger partial charge >= 0.3 is 11.9 Å². The molecule has 0 saturated heterocycles. The van der Waals surface area contributed by atoms with Crippen LogP contribution in [0.15, 0.2) is 24.4 Å². The summed E-state index contributed by atoms with van der Waals surface area (Å²) in [5, 5.41) is 12.8. The molecule has 0 bridgehead atoms. The van der Waals surface area contributed by atoms with Crippen LogP contribution in [0.1, 0.15) is 27.2 Å². The molecule has 0 amide bonds. The van der Waals surface area contributed by atoms with Crippen molar-refractivity contribution in [2.45, 2.75) is 32.8 Å². The number of ether oxygens (including phenoxy) is 2. The second-order valence-corrected chi connectivity index (χ2v) is 4.15. The maximum atomic E-state index is 11.8. The number of hydrogen-bond donors (Lipinski definition) is 2. The van der Waals surface area contributed by atoms with Gasteiger partial charge in [0.25, 0.3) is 0 Å². The Bertz CT molecular complexity index is 374. The maximum absolute atomic E-state index is 11.8. The summed E-state index contributed by atoms with van der Waals surface area (Å²) in [6, 6.07) is 0. The van der Waals surface area contributed by atoms with Gasteiger partial charge in [0.15, 0.2) is 5.60 Å². The van der Waals surface area contributed by atoms with E-state index >= 15 is 0 Å². The van der Waals surface area contributed by atoms with Crippen LogP contribution in [0, 0.1) is 0 Å². The van der Waals surface area contributed by atoms with E-state index in [4.69, 9.17) is 9.47 Å². The first-order valence-electron chi connectivity index (χ1n) is 6.53. The molecule has 1 atom stereocenters. The third-order valence-corrected chi connectivity index (χ3v) is 2.27. The third kappa shape index (κ3) is 6.38. The van der Waals surface area contributed by atoms with Crippen molar-refractivity contribution in [3.8, 4) is 0 Å². The lowest BCUT2D eigenvalue weighted by molar-refractivity contribution is -0.158. The number of hydrogen-bond acceptors (Lipinski definition) is 6. The summed E-state index contributed by atoms with van der Waals surface area (Å²) in [4.78, 5) is 23.4. The molecule has 0 heterocycles. The quantitative estimate of drug-likeness (QED) is 0.283. The van der Waals surface area contributed by atoms with Crippen LogP contribution in [0.5, 0.6) is 0 Å². The molecule has 0 aromatic heterocycles. The Morgan fingerprint density at radius 3 is 2.40 bits per heavy atom. The Labute approximate surface area is 119 Å². The fourth-order valence-electron chi connectivity index (χ4n) is 1.32. The number of rotatable bonds is 9. The average Bonchev–Trinajstić information content (AvgIpc) is 2.38.